The average molecular weight is 277 g/mol. The summed E-state index contributed by atoms with van der Waals surface area (Å²) in [6, 6.07) is 1.97. The van der Waals surface area contributed by atoms with Gasteiger partial charge in [-0.1, -0.05) is 6.07 Å². The van der Waals surface area contributed by atoms with Gasteiger partial charge in [-0.25, -0.2) is 0 Å². The first-order valence-electron chi connectivity index (χ1n) is 5.87. The molecule has 0 saturated carbocycles. The van der Waals surface area contributed by atoms with E-state index < -0.39 is 18.1 Å². The first-order chi connectivity index (χ1) is 8.48. The number of hydrogen-bond donors (Lipinski definition) is 0. The summed E-state index contributed by atoms with van der Waals surface area (Å²) in [4.78, 5) is 13.8. The fourth-order valence-electron chi connectivity index (χ4n) is 2.23. The summed E-state index contributed by atoms with van der Waals surface area (Å²) >= 11 is 1.40. The summed E-state index contributed by atoms with van der Waals surface area (Å²) < 4.78 is 38.5. The first kappa shape index (κ1) is 13.4. The van der Waals surface area contributed by atoms with Crippen LogP contribution < -0.4 is 0 Å². The number of carbonyl (C=O) groups is 1. The van der Waals surface area contributed by atoms with Crippen LogP contribution in [0, 0.1) is 0 Å². The molecule has 2 rings (SSSR count). The normalized spacial score (nSPS) is 21.1. The second-order valence-corrected chi connectivity index (χ2v) is 5.43. The van der Waals surface area contributed by atoms with Crippen molar-refractivity contribution in [2.75, 3.05) is 6.54 Å². The number of amides is 1. The molecule has 0 spiro atoms. The van der Waals surface area contributed by atoms with Gasteiger partial charge in [0.25, 0.3) is 0 Å². The molecule has 1 aromatic rings. The highest BCUT2D eigenvalue weighted by molar-refractivity contribution is 7.10. The van der Waals surface area contributed by atoms with E-state index in [-0.39, 0.29) is 19.4 Å². The van der Waals surface area contributed by atoms with Crippen LogP contribution in [0.25, 0.3) is 0 Å². The summed E-state index contributed by atoms with van der Waals surface area (Å²) in [6.07, 6.45) is -3.02. The number of carbonyl (C=O) groups excluding carboxylic acids is 1. The van der Waals surface area contributed by atoms with Crippen molar-refractivity contribution in [3.63, 3.8) is 0 Å². The van der Waals surface area contributed by atoms with E-state index in [1.54, 1.807) is 12.1 Å². The SMILES string of the molecule is O=C(Cc1cccs1)N1CCCCC1C(F)(F)F. The summed E-state index contributed by atoms with van der Waals surface area (Å²) in [5, 5.41) is 1.82. The molecule has 1 saturated heterocycles. The molecule has 1 aliphatic rings. The maximum atomic E-state index is 12.8. The van der Waals surface area contributed by atoms with E-state index in [4.69, 9.17) is 0 Å². The topological polar surface area (TPSA) is 20.3 Å². The molecule has 0 aromatic carbocycles. The highest BCUT2D eigenvalue weighted by atomic mass is 32.1. The van der Waals surface area contributed by atoms with Crippen molar-refractivity contribution in [3.8, 4) is 0 Å². The third-order valence-corrected chi connectivity index (χ3v) is 3.98. The van der Waals surface area contributed by atoms with E-state index in [0.717, 1.165) is 9.78 Å². The molecule has 1 atom stereocenters. The highest BCUT2D eigenvalue weighted by Crippen LogP contribution is 2.32. The van der Waals surface area contributed by atoms with Crippen molar-refractivity contribution in [2.24, 2.45) is 0 Å². The van der Waals surface area contributed by atoms with Gasteiger partial charge in [0.05, 0.1) is 6.42 Å². The van der Waals surface area contributed by atoms with E-state index >= 15 is 0 Å². The summed E-state index contributed by atoms with van der Waals surface area (Å²) in [7, 11) is 0. The number of halogens is 3. The van der Waals surface area contributed by atoms with E-state index in [2.05, 4.69) is 0 Å². The Morgan fingerprint density at radius 1 is 1.44 bits per heavy atom. The second kappa shape index (κ2) is 5.30. The lowest BCUT2D eigenvalue weighted by molar-refractivity contribution is -0.195. The number of piperidine rings is 1. The maximum Gasteiger partial charge on any atom is 0.408 e. The molecule has 0 N–H and O–H groups in total. The fraction of sp³-hybridized carbons (Fsp3) is 0.583. The van der Waals surface area contributed by atoms with Gasteiger partial charge in [0.2, 0.25) is 5.91 Å². The Balaban J connectivity index is 2.06. The molecule has 1 aliphatic heterocycles. The monoisotopic (exact) mass is 277 g/mol. The van der Waals surface area contributed by atoms with Crippen LogP contribution >= 0.6 is 11.3 Å². The van der Waals surface area contributed by atoms with Gasteiger partial charge in [0, 0.05) is 11.4 Å². The van der Waals surface area contributed by atoms with Crippen LogP contribution in [0.2, 0.25) is 0 Å². The zero-order chi connectivity index (χ0) is 13.2. The van der Waals surface area contributed by atoms with Crippen LogP contribution in [0.1, 0.15) is 24.1 Å². The molecule has 18 heavy (non-hydrogen) atoms. The van der Waals surface area contributed by atoms with E-state index in [0.29, 0.717) is 12.8 Å². The Bertz CT molecular complexity index is 402. The highest BCUT2D eigenvalue weighted by Gasteiger charge is 2.46. The lowest BCUT2D eigenvalue weighted by Crippen LogP contribution is -2.51. The largest absolute Gasteiger partial charge is 0.408 e. The molecule has 0 bridgehead atoms. The first-order valence-corrected chi connectivity index (χ1v) is 6.75. The Labute approximate surface area is 107 Å². The zero-order valence-corrected chi connectivity index (χ0v) is 10.6. The van der Waals surface area contributed by atoms with Crippen LogP contribution in [-0.4, -0.2) is 29.6 Å². The predicted octanol–water partition coefficient (Wildman–Crippen LogP) is 3.23. The van der Waals surface area contributed by atoms with Crippen molar-refractivity contribution in [3.05, 3.63) is 22.4 Å². The number of rotatable bonds is 2. The van der Waals surface area contributed by atoms with Crippen LogP contribution in [0.3, 0.4) is 0 Å². The molecule has 0 radical (unpaired) electrons. The summed E-state index contributed by atoms with van der Waals surface area (Å²) in [5.41, 5.74) is 0. The Morgan fingerprint density at radius 2 is 2.22 bits per heavy atom. The standard InChI is InChI=1S/C12H14F3NOS/c13-12(14,15)10-5-1-2-6-16(10)11(17)8-9-4-3-7-18-9/h3-4,7,10H,1-2,5-6,8H2. The molecule has 1 amide bonds. The van der Waals surface area contributed by atoms with Gasteiger partial charge in [0.15, 0.2) is 0 Å². The molecule has 100 valence electrons. The van der Waals surface area contributed by atoms with Gasteiger partial charge < -0.3 is 4.90 Å². The summed E-state index contributed by atoms with van der Waals surface area (Å²) in [6.45, 7) is 0.217. The number of thiophene rings is 1. The molecule has 6 heteroatoms. The summed E-state index contributed by atoms with van der Waals surface area (Å²) in [5.74, 6) is -0.417. The number of hydrogen-bond acceptors (Lipinski definition) is 2. The Morgan fingerprint density at radius 3 is 2.83 bits per heavy atom. The quantitative estimate of drug-likeness (QED) is 0.812. The zero-order valence-electron chi connectivity index (χ0n) is 9.74. The third-order valence-electron chi connectivity index (χ3n) is 3.11. The molecule has 2 heterocycles. The number of alkyl halides is 3. The average Bonchev–Trinajstić information content (AvgIpc) is 2.80. The molecule has 1 fully saturated rings. The van der Waals surface area contributed by atoms with Crippen LogP contribution in [-0.2, 0) is 11.2 Å². The number of nitrogens with zero attached hydrogens (tertiary/aromatic N) is 1. The Kier molecular flexibility index (Phi) is 3.94. The molecule has 0 aliphatic carbocycles. The molecular weight excluding hydrogens is 263 g/mol. The van der Waals surface area contributed by atoms with E-state index in [1.807, 2.05) is 5.38 Å². The maximum absolute atomic E-state index is 12.8. The predicted molar refractivity (Wildman–Crippen MR) is 63.4 cm³/mol. The second-order valence-electron chi connectivity index (χ2n) is 4.40. The fourth-order valence-corrected chi connectivity index (χ4v) is 2.93. The van der Waals surface area contributed by atoms with Crippen molar-refractivity contribution < 1.29 is 18.0 Å². The lowest BCUT2D eigenvalue weighted by atomic mass is 10.0. The number of likely N-dealkylation sites (tertiary alicyclic amines) is 1. The van der Waals surface area contributed by atoms with Crippen molar-refractivity contribution in [1.82, 2.24) is 4.90 Å². The van der Waals surface area contributed by atoms with Crippen molar-refractivity contribution >= 4 is 17.2 Å². The van der Waals surface area contributed by atoms with E-state index in [1.165, 1.54) is 11.3 Å². The minimum atomic E-state index is -4.31. The lowest BCUT2D eigenvalue weighted by Gasteiger charge is -2.36. The van der Waals surface area contributed by atoms with Gasteiger partial charge in [0.1, 0.15) is 6.04 Å². The van der Waals surface area contributed by atoms with Crippen molar-refractivity contribution in [2.45, 2.75) is 37.9 Å². The van der Waals surface area contributed by atoms with Crippen LogP contribution in [0.5, 0.6) is 0 Å². The van der Waals surface area contributed by atoms with Gasteiger partial charge in [-0.3, -0.25) is 4.79 Å². The van der Waals surface area contributed by atoms with Gasteiger partial charge in [-0.05, 0) is 30.7 Å². The molecule has 2 nitrogen and oxygen atoms in total. The Hall–Kier alpha value is -1.04. The van der Waals surface area contributed by atoms with Gasteiger partial charge >= 0.3 is 6.18 Å². The van der Waals surface area contributed by atoms with Crippen LogP contribution in [0.4, 0.5) is 13.2 Å². The smallest absolute Gasteiger partial charge is 0.330 e. The van der Waals surface area contributed by atoms with Gasteiger partial charge in [-0.2, -0.15) is 13.2 Å². The molecular formula is C12H14F3NOS. The molecule has 1 unspecified atom stereocenters. The third kappa shape index (κ3) is 3.04. The minimum Gasteiger partial charge on any atom is -0.330 e. The molecule has 1 aromatic heterocycles. The van der Waals surface area contributed by atoms with Gasteiger partial charge in [-0.15, -0.1) is 11.3 Å². The minimum absolute atomic E-state index is 0.0275. The van der Waals surface area contributed by atoms with Crippen molar-refractivity contribution in [1.29, 1.82) is 0 Å². The van der Waals surface area contributed by atoms with E-state index in [9.17, 15) is 18.0 Å². The van der Waals surface area contributed by atoms with Crippen LogP contribution in [0.15, 0.2) is 17.5 Å².